The number of hydrogen-bond acceptors (Lipinski definition) is 5. The van der Waals surface area contributed by atoms with Crippen LogP contribution in [0.3, 0.4) is 0 Å². The van der Waals surface area contributed by atoms with Crippen molar-refractivity contribution in [2.24, 2.45) is 0 Å². The van der Waals surface area contributed by atoms with Crippen LogP contribution in [-0.2, 0) is 31.2 Å². The van der Waals surface area contributed by atoms with Crippen LogP contribution in [0.2, 0.25) is 0 Å². The second-order valence-electron chi connectivity index (χ2n) is 7.10. The number of hydrogen-bond donors (Lipinski definition) is 0. The highest BCUT2D eigenvalue weighted by Crippen LogP contribution is 2.46. The maximum atomic E-state index is 12.1. The normalized spacial score (nSPS) is 21.4. The Bertz CT molecular complexity index is 720. The molecule has 24 heavy (non-hydrogen) atoms. The van der Waals surface area contributed by atoms with Gasteiger partial charge in [0, 0.05) is 6.26 Å². The minimum Gasteiger partial charge on any atom is -0.468 e. The lowest BCUT2D eigenvalue weighted by atomic mass is 9.73. The van der Waals surface area contributed by atoms with Gasteiger partial charge < -0.3 is 4.74 Å². The number of benzene rings is 1. The topological polar surface area (TPSA) is 63.7 Å². The molecule has 0 radical (unpaired) electrons. The number of methoxy groups -OCH3 is 1. The number of sulfone groups is 1. The Morgan fingerprint density at radius 2 is 1.92 bits per heavy atom. The Morgan fingerprint density at radius 1 is 1.25 bits per heavy atom. The van der Waals surface area contributed by atoms with Gasteiger partial charge in [-0.25, -0.2) is 8.42 Å². The number of carbonyl (C=O) groups excluding carboxylic acids is 1. The van der Waals surface area contributed by atoms with Crippen LogP contribution in [0.4, 0.5) is 0 Å². The van der Waals surface area contributed by atoms with E-state index in [2.05, 4.69) is 24.3 Å². The molecule has 1 fully saturated rings. The molecule has 0 amide bonds. The van der Waals surface area contributed by atoms with Gasteiger partial charge in [-0.3, -0.25) is 9.69 Å². The Labute approximate surface area is 143 Å². The van der Waals surface area contributed by atoms with Crippen LogP contribution in [0.15, 0.2) is 24.3 Å². The van der Waals surface area contributed by atoms with Crippen molar-refractivity contribution in [3.8, 4) is 0 Å². The van der Waals surface area contributed by atoms with Gasteiger partial charge in [-0.05, 0) is 55.3 Å². The van der Waals surface area contributed by atoms with Gasteiger partial charge in [0.15, 0.2) is 0 Å². The summed E-state index contributed by atoms with van der Waals surface area (Å²) in [5, 5.41) is 0. The second kappa shape index (κ2) is 6.48. The number of rotatable bonds is 4. The highest BCUT2D eigenvalue weighted by atomic mass is 32.2. The van der Waals surface area contributed by atoms with Crippen LogP contribution < -0.4 is 0 Å². The summed E-state index contributed by atoms with van der Waals surface area (Å²) in [6, 6.07) is 7.92. The molecule has 1 heterocycles. The minimum absolute atomic E-state index is 0.177. The molecule has 2 aliphatic rings. The minimum atomic E-state index is -3.25. The number of aryl methyl sites for hydroxylation is 1. The fourth-order valence-corrected chi connectivity index (χ4v) is 5.21. The molecule has 1 aromatic rings. The van der Waals surface area contributed by atoms with E-state index in [0.29, 0.717) is 0 Å². The summed E-state index contributed by atoms with van der Waals surface area (Å²) in [7, 11) is -1.93. The van der Waals surface area contributed by atoms with Crippen molar-refractivity contribution >= 4 is 15.8 Å². The first-order valence-electron chi connectivity index (χ1n) is 8.43. The summed E-state index contributed by atoms with van der Waals surface area (Å²) in [4.78, 5) is 14.1. The molecule has 0 aromatic heterocycles. The smallest absolute Gasteiger partial charge is 0.324 e. The maximum absolute atomic E-state index is 12.1. The van der Waals surface area contributed by atoms with Gasteiger partial charge >= 0.3 is 5.97 Å². The molecule has 0 bridgehead atoms. The molecular weight excluding hydrogens is 326 g/mol. The van der Waals surface area contributed by atoms with Crippen molar-refractivity contribution in [1.29, 1.82) is 0 Å². The summed E-state index contributed by atoms with van der Waals surface area (Å²) in [5.41, 5.74) is 3.08. The van der Waals surface area contributed by atoms with Gasteiger partial charge in [0.2, 0.25) is 0 Å². The molecule has 6 heteroatoms. The quantitative estimate of drug-likeness (QED) is 0.770. The SMILES string of the molecule is COC(=O)C(CS(C)(=O)=O)N1CCC2(CCc3ccccc32)CC1. The molecule has 1 aromatic carbocycles. The Morgan fingerprint density at radius 3 is 2.54 bits per heavy atom. The lowest BCUT2D eigenvalue weighted by molar-refractivity contribution is -0.146. The Kier molecular flexibility index (Phi) is 4.71. The summed E-state index contributed by atoms with van der Waals surface area (Å²) < 4.78 is 28.2. The van der Waals surface area contributed by atoms with Crippen molar-refractivity contribution in [3.05, 3.63) is 35.4 Å². The molecule has 0 N–H and O–H groups in total. The van der Waals surface area contributed by atoms with Crippen LogP contribution >= 0.6 is 0 Å². The fraction of sp³-hybridized carbons (Fsp3) is 0.611. The first kappa shape index (κ1) is 17.4. The molecule has 1 aliphatic carbocycles. The lowest BCUT2D eigenvalue weighted by Gasteiger charge is -2.42. The van der Waals surface area contributed by atoms with Crippen LogP contribution in [-0.4, -0.2) is 57.5 Å². The van der Waals surface area contributed by atoms with Crippen LogP contribution in [0.5, 0.6) is 0 Å². The molecular formula is C18H25NO4S. The maximum Gasteiger partial charge on any atom is 0.324 e. The fourth-order valence-electron chi connectivity index (χ4n) is 4.29. The summed E-state index contributed by atoms with van der Waals surface area (Å²) in [5.74, 6) is -0.633. The molecule has 0 saturated carbocycles. The number of ether oxygens (including phenoxy) is 1. The Hall–Kier alpha value is -1.40. The van der Waals surface area contributed by atoms with E-state index < -0.39 is 21.8 Å². The zero-order valence-electron chi connectivity index (χ0n) is 14.3. The van der Waals surface area contributed by atoms with Gasteiger partial charge in [-0.2, -0.15) is 0 Å². The molecule has 5 nitrogen and oxygen atoms in total. The predicted molar refractivity (Wildman–Crippen MR) is 92.8 cm³/mol. The average Bonchev–Trinajstić information content (AvgIpc) is 2.91. The summed E-state index contributed by atoms with van der Waals surface area (Å²) in [6.07, 6.45) is 5.35. The number of esters is 1. The van der Waals surface area contributed by atoms with Crippen LogP contribution in [0.25, 0.3) is 0 Å². The average molecular weight is 351 g/mol. The lowest BCUT2D eigenvalue weighted by Crippen LogP contribution is -2.52. The van der Waals surface area contributed by atoms with E-state index in [1.807, 2.05) is 4.90 Å². The van der Waals surface area contributed by atoms with Gasteiger partial charge in [0.05, 0.1) is 12.9 Å². The molecule has 3 rings (SSSR count). The van der Waals surface area contributed by atoms with E-state index in [1.54, 1.807) is 0 Å². The number of likely N-dealkylation sites (tertiary alicyclic amines) is 1. The zero-order valence-corrected chi connectivity index (χ0v) is 15.1. The predicted octanol–water partition coefficient (Wildman–Crippen LogP) is 1.55. The van der Waals surface area contributed by atoms with Crippen molar-refractivity contribution in [3.63, 3.8) is 0 Å². The number of nitrogens with zero attached hydrogens (tertiary/aromatic N) is 1. The van der Waals surface area contributed by atoms with E-state index in [1.165, 1.54) is 24.5 Å². The Balaban J connectivity index is 1.75. The van der Waals surface area contributed by atoms with E-state index in [0.717, 1.165) is 38.8 Å². The highest BCUT2D eigenvalue weighted by molar-refractivity contribution is 7.90. The summed E-state index contributed by atoms with van der Waals surface area (Å²) in [6.45, 7) is 1.45. The van der Waals surface area contributed by atoms with Crippen molar-refractivity contribution < 1.29 is 17.9 Å². The molecule has 1 saturated heterocycles. The zero-order chi connectivity index (χ0) is 17.4. The van der Waals surface area contributed by atoms with Crippen LogP contribution in [0.1, 0.15) is 30.4 Å². The van der Waals surface area contributed by atoms with Gasteiger partial charge in [0.25, 0.3) is 0 Å². The van der Waals surface area contributed by atoms with Crippen molar-refractivity contribution in [1.82, 2.24) is 4.90 Å². The van der Waals surface area contributed by atoms with E-state index >= 15 is 0 Å². The van der Waals surface area contributed by atoms with E-state index in [9.17, 15) is 13.2 Å². The molecule has 1 aliphatic heterocycles. The van der Waals surface area contributed by atoms with Gasteiger partial charge in [-0.15, -0.1) is 0 Å². The van der Waals surface area contributed by atoms with Gasteiger partial charge in [-0.1, -0.05) is 24.3 Å². The number of carbonyl (C=O) groups is 1. The van der Waals surface area contributed by atoms with Gasteiger partial charge in [0.1, 0.15) is 15.9 Å². The molecule has 132 valence electrons. The number of fused-ring (bicyclic) bond motifs is 2. The van der Waals surface area contributed by atoms with E-state index in [4.69, 9.17) is 4.74 Å². The van der Waals surface area contributed by atoms with Crippen molar-refractivity contribution in [2.75, 3.05) is 32.2 Å². The highest BCUT2D eigenvalue weighted by Gasteiger charge is 2.43. The number of piperidine rings is 1. The summed E-state index contributed by atoms with van der Waals surface area (Å²) >= 11 is 0. The second-order valence-corrected chi connectivity index (χ2v) is 9.29. The molecule has 1 atom stereocenters. The van der Waals surface area contributed by atoms with E-state index in [-0.39, 0.29) is 11.2 Å². The first-order valence-corrected chi connectivity index (χ1v) is 10.5. The third-order valence-corrected chi connectivity index (χ3v) is 6.51. The standard InChI is InChI=1S/C18H25NO4S/c1-23-17(20)16(13-24(2,21)22)19-11-9-18(10-12-19)8-7-14-5-3-4-6-15(14)18/h3-6,16H,7-13H2,1-2H3. The third kappa shape index (κ3) is 3.35. The van der Waals surface area contributed by atoms with Crippen LogP contribution in [0, 0.1) is 0 Å². The molecule has 1 spiro atoms. The first-order chi connectivity index (χ1) is 11.3. The monoisotopic (exact) mass is 351 g/mol. The van der Waals surface area contributed by atoms with Crippen molar-refractivity contribution in [2.45, 2.75) is 37.1 Å². The molecule has 1 unspecified atom stereocenters. The largest absolute Gasteiger partial charge is 0.468 e. The third-order valence-electron chi connectivity index (χ3n) is 5.59.